The number of H-pyrrole nitrogens is 1. The average Bonchev–Trinajstić information content (AvgIpc) is 2.58. The van der Waals surface area contributed by atoms with Gasteiger partial charge in [0.25, 0.3) is 0 Å². The summed E-state index contributed by atoms with van der Waals surface area (Å²) in [5.41, 5.74) is 6.13. The number of halogens is 3. The van der Waals surface area contributed by atoms with E-state index in [1.165, 1.54) is 6.20 Å². The summed E-state index contributed by atoms with van der Waals surface area (Å²) in [6, 6.07) is 1.09. The SMILES string of the molecule is NCc1c[nH]c2c(F)cc(Br)c(F)c12. The highest BCUT2D eigenvalue weighted by Crippen LogP contribution is 2.29. The lowest BCUT2D eigenvalue weighted by molar-refractivity contribution is 0.610. The van der Waals surface area contributed by atoms with E-state index in [4.69, 9.17) is 5.73 Å². The van der Waals surface area contributed by atoms with Crippen LogP contribution in [0, 0.1) is 11.6 Å². The molecule has 1 heterocycles. The van der Waals surface area contributed by atoms with Gasteiger partial charge in [-0.3, -0.25) is 0 Å². The maximum atomic E-state index is 13.6. The Kier molecular flexibility index (Phi) is 2.28. The van der Waals surface area contributed by atoms with Crippen LogP contribution in [0.3, 0.4) is 0 Å². The first-order valence-corrected chi connectivity index (χ1v) is 4.78. The van der Waals surface area contributed by atoms with Gasteiger partial charge >= 0.3 is 0 Å². The fraction of sp³-hybridized carbons (Fsp3) is 0.111. The lowest BCUT2D eigenvalue weighted by atomic mass is 10.1. The van der Waals surface area contributed by atoms with Crippen molar-refractivity contribution in [2.45, 2.75) is 6.54 Å². The molecule has 0 aliphatic carbocycles. The summed E-state index contributed by atoms with van der Waals surface area (Å²) in [5, 5.41) is 0.222. The first kappa shape index (κ1) is 9.61. The zero-order valence-corrected chi connectivity index (χ0v) is 8.66. The molecule has 0 aliphatic rings. The molecule has 14 heavy (non-hydrogen) atoms. The molecule has 0 unspecified atom stereocenters. The third-order valence-electron chi connectivity index (χ3n) is 2.10. The lowest BCUT2D eigenvalue weighted by Crippen LogP contribution is -1.96. The zero-order valence-electron chi connectivity index (χ0n) is 7.07. The van der Waals surface area contributed by atoms with Crippen molar-refractivity contribution in [1.82, 2.24) is 4.98 Å². The topological polar surface area (TPSA) is 41.8 Å². The van der Waals surface area contributed by atoms with Gasteiger partial charge in [0.2, 0.25) is 0 Å². The number of aromatic nitrogens is 1. The lowest BCUT2D eigenvalue weighted by Gasteiger charge is -2.00. The van der Waals surface area contributed by atoms with Gasteiger partial charge in [0.15, 0.2) is 0 Å². The fourth-order valence-electron chi connectivity index (χ4n) is 1.43. The Hall–Kier alpha value is -0.940. The summed E-state index contributed by atoms with van der Waals surface area (Å²) < 4.78 is 27.0. The van der Waals surface area contributed by atoms with Crippen molar-refractivity contribution in [1.29, 1.82) is 0 Å². The molecule has 2 aromatic rings. The molecule has 5 heteroatoms. The third-order valence-corrected chi connectivity index (χ3v) is 2.68. The van der Waals surface area contributed by atoms with Crippen LogP contribution in [-0.4, -0.2) is 4.98 Å². The minimum absolute atomic E-state index is 0.108. The van der Waals surface area contributed by atoms with Gasteiger partial charge in [-0.25, -0.2) is 8.78 Å². The number of nitrogens with two attached hydrogens (primary N) is 1. The summed E-state index contributed by atoms with van der Waals surface area (Å²) in [6.07, 6.45) is 1.52. The van der Waals surface area contributed by atoms with E-state index in [9.17, 15) is 8.78 Å². The van der Waals surface area contributed by atoms with E-state index >= 15 is 0 Å². The average molecular weight is 261 g/mol. The molecule has 1 aromatic carbocycles. The van der Waals surface area contributed by atoms with Crippen molar-refractivity contribution in [3.05, 3.63) is 33.9 Å². The molecule has 1 aromatic heterocycles. The number of nitrogens with one attached hydrogen (secondary N) is 1. The minimum Gasteiger partial charge on any atom is -0.358 e. The molecule has 0 spiro atoms. The summed E-state index contributed by atoms with van der Waals surface area (Å²) in [6.45, 7) is 0.173. The minimum atomic E-state index is -0.493. The summed E-state index contributed by atoms with van der Waals surface area (Å²) in [7, 11) is 0. The number of hydrogen-bond donors (Lipinski definition) is 2. The Balaban J connectivity index is 2.92. The van der Waals surface area contributed by atoms with Crippen LogP contribution in [0.5, 0.6) is 0 Å². The van der Waals surface area contributed by atoms with E-state index in [-0.39, 0.29) is 21.9 Å². The van der Waals surface area contributed by atoms with Crippen LogP contribution < -0.4 is 5.73 Å². The van der Waals surface area contributed by atoms with Gasteiger partial charge in [-0.15, -0.1) is 0 Å². The van der Waals surface area contributed by atoms with Crippen LogP contribution in [0.15, 0.2) is 16.7 Å². The predicted octanol–water partition coefficient (Wildman–Crippen LogP) is 2.67. The van der Waals surface area contributed by atoms with E-state index in [1.54, 1.807) is 0 Å². The van der Waals surface area contributed by atoms with Gasteiger partial charge in [-0.2, -0.15) is 0 Å². The summed E-state index contributed by atoms with van der Waals surface area (Å²) in [4.78, 5) is 2.66. The Morgan fingerprint density at radius 1 is 1.43 bits per heavy atom. The quantitative estimate of drug-likeness (QED) is 0.761. The van der Waals surface area contributed by atoms with Crippen molar-refractivity contribution >= 4 is 26.8 Å². The Morgan fingerprint density at radius 2 is 2.14 bits per heavy atom. The van der Waals surface area contributed by atoms with Crippen molar-refractivity contribution in [3.63, 3.8) is 0 Å². The van der Waals surface area contributed by atoms with Crippen molar-refractivity contribution in [2.75, 3.05) is 0 Å². The summed E-state index contributed by atoms with van der Waals surface area (Å²) >= 11 is 2.95. The van der Waals surface area contributed by atoms with E-state index in [0.29, 0.717) is 5.56 Å². The first-order valence-electron chi connectivity index (χ1n) is 3.98. The smallest absolute Gasteiger partial charge is 0.148 e. The summed E-state index contributed by atoms with van der Waals surface area (Å²) in [5.74, 6) is -0.976. The van der Waals surface area contributed by atoms with Crippen molar-refractivity contribution < 1.29 is 8.78 Å². The highest BCUT2D eigenvalue weighted by atomic mass is 79.9. The molecule has 3 N–H and O–H groups in total. The van der Waals surface area contributed by atoms with Crippen LogP contribution in [0.25, 0.3) is 10.9 Å². The Morgan fingerprint density at radius 3 is 2.79 bits per heavy atom. The number of hydrogen-bond acceptors (Lipinski definition) is 1. The van der Waals surface area contributed by atoms with Crippen LogP contribution >= 0.6 is 15.9 Å². The normalized spacial score (nSPS) is 11.1. The zero-order chi connectivity index (χ0) is 10.3. The highest BCUT2D eigenvalue weighted by molar-refractivity contribution is 9.10. The molecular formula is C9H7BrF2N2. The van der Waals surface area contributed by atoms with Crippen molar-refractivity contribution in [3.8, 4) is 0 Å². The maximum Gasteiger partial charge on any atom is 0.148 e. The largest absolute Gasteiger partial charge is 0.358 e. The van der Waals surface area contributed by atoms with Gasteiger partial charge in [-0.05, 0) is 27.6 Å². The molecule has 0 aliphatic heterocycles. The predicted molar refractivity (Wildman–Crippen MR) is 53.8 cm³/mol. The van der Waals surface area contributed by atoms with E-state index in [0.717, 1.165) is 6.07 Å². The van der Waals surface area contributed by atoms with Gasteiger partial charge in [0.05, 0.1) is 9.99 Å². The molecule has 0 bridgehead atoms. The fourth-order valence-corrected chi connectivity index (χ4v) is 1.83. The van der Waals surface area contributed by atoms with Crippen molar-refractivity contribution in [2.24, 2.45) is 5.73 Å². The molecule has 74 valence electrons. The van der Waals surface area contributed by atoms with Crippen LogP contribution in [0.4, 0.5) is 8.78 Å². The molecule has 2 nitrogen and oxygen atoms in total. The third kappa shape index (κ3) is 1.24. The molecule has 0 radical (unpaired) electrons. The molecule has 0 amide bonds. The van der Waals surface area contributed by atoms with Gasteiger partial charge in [-0.1, -0.05) is 0 Å². The Bertz CT molecular complexity index is 493. The molecule has 2 rings (SSSR count). The second kappa shape index (κ2) is 3.33. The second-order valence-corrected chi connectivity index (χ2v) is 3.78. The van der Waals surface area contributed by atoms with Crippen LogP contribution in [0.1, 0.15) is 5.56 Å². The van der Waals surface area contributed by atoms with Crippen LogP contribution in [0.2, 0.25) is 0 Å². The van der Waals surface area contributed by atoms with E-state index < -0.39 is 11.6 Å². The maximum absolute atomic E-state index is 13.6. The number of rotatable bonds is 1. The molecule has 0 saturated heterocycles. The van der Waals surface area contributed by atoms with Gasteiger partial charge < -0.3 is 10.7 Å². The monoisotopic (exact) mass is 260 g/mol. The van der Waals surface area contributed by atoms with Crippen LogP contribution in [-0.2, 0) is 6.54 Å². The molecule has 0 saturated carbocycles. The number of aromatic amines is 1. The van der Waals surface area contributed by atoms with Gasteiger partial charge in [0, 0.05) is 18.1 Å². The second-order valence-electron chi connectivity index (χ2n) is 2.92. The molecular weight excluding hydrogens is 254 g/mol. The number of fused-ring (bicyclic) bond motifs is 1. The van der Waals surface area contributed by atoms with Gasteiger partial charge in [0.1, 0.15) is 11.6 Å². The number of benzene rings is 1. The van der Waals surface area contributed by atoms with E-state index in [1.807, 2.05) is 0 Å². The standard InChI is InChI=1S/C9H7BrF2N2/c10-5-1-6(11)9-7(8(5)12)4(2-13)3-14-9/h1,3,14H,2,13H2. The first-order chi connectivity index (χ1) is 6.65. The van der Waals surface area contributed by atoms with E-state index in [2.05, 4.69) is 20.9 Å². The molecule has 0 fully saturated rings. The Labute approximate surface area is 87.2 Å². The molecule has 0 atom stereocenters. The highest BCUT2D eigenvalue weighted by Gasteiger charge is 2.14.